The average Bonchev–Trinajstić information content (AvgIpc) is 2.95. The summed E-state index contributed by atoms with van der Waals surface area (Å²) in [5, 5.41) is 9.24. The monoisotopic (exact) mass is 264 g/mol. The van der Waals surface area contributed by atoms with Crippen LogP contribution in [-0.2, 0) is 19.4 Å². The molecule has 0 radical (unpaired) electrons. The van der Waals surface area contributed by atoms with E-state index in [2.05, 4.69) is 28.2 Å². The van der Waals surface area contributed by atoms with E-state index in [-0.39, 0.29) is 0 Å². The zero-order valence-corrected chi connectivity index (χ0v) is 11.5. The number of hydrogen-bond donors (Lipinski definition) is 0. The Morgan fingerprint density at radius 2 is 2.00 bits per heavy atom. The van der Waals surface area contributed by atoms with Crippen molar-refractivity contribution in [2.75, 3.05) is 11.9 Å². The van der Waals surface area contributed by atoms with Gasteiger partial charge in [0.25, 0.3) is 0 Å². The highest BCUT2D eigenvalue weighted by atomic mass is 15.2. The van der Waals surface area contributed by atoms with Crippen molar-refractivity contribution in [2.24, 2.45) is 0 Å². The summed E-state index contributed by atoms with van der Waals surface area (Å²) in [4.78, 5) is 11.0. The van der Waals surface area contributed by atoms with E-state index in [0.29, 0.717) is 11.6 Å². The Morgan fingerprint density at radius 1 is 1.20 bits per heavy atom. The first-order chi connectivity index (χ1) is 9.78. The van der Waals surface area contributed by atoms with E-state index in [4.69, 9.17) is 0 Å². The van der Waals surface area contributed by atoms with Crippen LogP contribution < -0.4 is 4.90 Å². The number of aromatic nitrogens is 2. The molecule has 1 heterocycles. The fourth-order valence-corrected chi connectivity index (χ4v) is 2.61. The predicted molar refractivity (Wildman–Crippen MR) is 77.3 cm³/mol. The number of nitriles is 1. The largest absolute Gasteiger partial charge is 0.340 e. The van der Waals surface area contributed by atoms with Crippen LogP contribution in [0.5, 0.6) is 0 Å². The van der Waals surface area contributed by atoms with Crippen molar-refractivity contribution >= 4 is 5.95 Å². The Hall–Kier alpha value is -2.41. The van der Waals surface area contributed by atoms with Crippen molar-refractivity contribution in [2.45, 2.75) is 25.8 Å². The molecule has 20 heavy (non-hydrogen) atoms. The van der Waals surface area contributed by atoms with Crippen molar-refractivity contribution in [3.05, 3.63) is 52.8 Å². The highest BCUT2D eigenvalue weighted by Crippen LogP contribution is 2.24. The van der Waals surface area contributed by atoms with Gasteiger partial charge in [-0.05, 0) is 24.8 Å². The van der Waals surface area contributed by atoms with Crippen LogP contribution in [0.15, 0.2) is 30.3 Å². The second-order valence-corrected chi connectivity index (χ2v) is 5.10. The maximum Gasteiger partial charge on any atom is 0.226 e. The number of fused-ring (bicyclic) bond motifs is 1. The highest BCUT2D eigenvalue weighted by Gasteiger charge is 2.20. The Labute approximate surface area is 118 Å². The molecule has 4 heteroatoms. The molecule has 0 amide bonds. The maximum atomic E-state index is 9.24. The molecule has 0 saturated carbocycles. The lowest BCUT2D eigenvalue weighted by molar-refractivity contribution is 0.847. The van der Waals surface area contributed by atoms with Crippen LogP contribution in [-0.4, -0.2) is 17.0 Å². The van der Waals surface area contributed by atoms with Gasteiger partial charge < -0.3 is 4.90 Å². The molecule has 1 aromatic carbocycles. The first-order valence-corrected chi connectivity index (χ1v) is 6.83. The minimum Gasteiger partial charge on any atom is -0.340 e. The zero-order valence-electron chi connectivity index (χ0n) is 11.5. The lowest BCUT2D eigenvalue weighted by Crippen LogP contribution is -2.20. The molecule has 100 valence electrons. The van der Waals surface area contributed by atoms with Gasteiger partial charge >= 0.3 is 0 Å². The molecular formula is C16H16N4. The second-order valence-electron chi connectivity index (χ2n) is 5.10. The SMILES string of the molecule is CN(Cc1ccccc1)c1nc(C#N)c2c(n1)CCC2. The minimum absolute atomic E-state index is 0.544. The summed E-state index contributed by atoms with van der Waals surface area (Å²) in [6.07, 6.45) is 2.96. The van der Waals surface area contributed by atoms with E-state index in [1.165, 1.54) is 5.56 Å². The molecule has 0 saturated heterocycles. The summed E-state index contributed by atoms with van der Waals surface area (Å²) >= 11 is 0. The molecule has 1 aromatic heterocycles. The van der Waals surface area contributed by atoms with E-state index in [0.717, 1.165) is 37.1 Å². The first-order valence-electron chi connectivity index (χ1n) is 6.83. The number of hydrogen-bond acceptors (Lipinski definition) is 4. The van der Waals surface area contributed by atoms with Crippen molar-refractivity contribution in [3.63, 3.8) is 0 Å². The molecule has 1 aliphatic carbocycles. The van der Waals surface area contributed by atoms with Crippen LogP contribution in [0.25, 0.3) is 0 Å². The average molecular weight is 264 g/mol. The fraction of sp³-hybridized carbons (Fsp3) is 0.312. The fourth-order valence-electron chi connectivity index (χ4n) is 2.61. The van der Waals surface area contributed by atoms with Gasteiger partial charge in [-0.15, -0.1) is 0 Å². The molecule has 0 fully saturated rings. The third kappa shape index (κ3) is 2.35. The van der Waals surface area contributed by atoms with Crippen LogP contribution in [0.3, 0.4) is 0 Å². The quantitative estimate of drug-likeness (QED) is 0.854. The smallest absolute Gasteiger partial charge is 0.226 e. The third-order valence-corrected chi connectivity index (χ3v) is 3.63. The van der Waals surface area contributed by atoms with Crippen LogP contribution in [0.2, 0.25) is 0 Å². The molecule has 0 spiro atoms. The van der Waals surface area contributed by atoms with Gasteiger partial charge in [0.1, 0.15) is 11.8 Å². The number of aryl methyl sites for hydroxylation is 1. The lowest BCUT2D eigenvalue weighted by Gasteiger charge is -2.18. The van der Waals surface area contributed by atoms with Crippen molar-refractivity contribution < 1.29 is 0 Å². The molecular weight excluding hydrogens is 248 g/mol. The van der Waals surface area contributed by atoms with Gasteiger partial charge in [0.05, 0.1) is 5.69 Å². The summed E-state index contributed by atoms with van der Waals surface area (Å²) in [6, 6.07) is 12.4. The third-order valence-electron chi connectivity index (χ3n) is 3.63. The van der Waals surface area contributed by atoms with E-state index in [1.54, 1.807) is 0 Å². The molecule has 0 aliphatic heterocycles. The number of nitrogens with zero attached hydrogens (tertiary/aromatic N) is 4. The predicted octanol–water partition coefficient (Wildman–Crippen LogP) is 2.47. The van der Waals surface area contributed by atoms with E-state index < -0.39 is 0 Å². The van der Waals surface area contributed by atoms with Crippen molar-refractivity contribution in [1.29, 1.82) is 5.26 Å². The van der Waals surface area contributed by atoms with Crippen LogP contribution in [0, 0.1) is 11.3 Å². The normalized spacial score (nSPS) is 12.8. The Morgan fingerprint density at radius 3 is 2.75 bits per heavy atom. The highest BCUT2D eigenvalue weighted by molar-refractivity contribution is 5.44. The zero-order chi connectivity index (χ0) is 13.9. The summed E-state index contributed by atoms with van der Waals surface area (Å²) in [6.45, 7) is 0.741. The van der Waals surface area contributed by atoms with Gasteiger partial charge in [-0.3, -0.25) is 0 Å². The Bertz CT molecular complexity index is 658. The minimum atomic E-state index is 0.544. The van der Waals surface area contributed by atoms with Gasteiger partial charge in [-0.1, -0.05) is 30.3 Å². The Kier molecular flexibility index (Phi) is 3.34. The van der Waals surface area contributed by atoms with Crippen LogP contribution in [0.4, 0.5) is 5.95 Å². The molecule has 4 nitrogen and oxygen atoms in total. The molecule has 2 aromatic rings. The van der Waals surface area contributed by atoms with Gasteiger partial charge in [0.15, 0.2) is 0 Å². The number of benzene rings is 1. The molecule has 3 rings (SSSR count). The van der Waals surface area contributed by atoms with E-state index >= 15 is 0 Å². The van der Waals surface area contributed by atoms with E-state index in [9.17, 15) is 5.26 Å². The molecule has 0 atom stereocenters. The van der Waals surface area contributed by atoms with Crippen LogP contribution in [0.1, 0.15) is 28.9 Å². The van der Waals surface area contributed by atoms with Gasteiger partial charge in [0, 0.05) is 19.2 Å². The summed E-state index contributed by atoms with van der Waals surface area (Å²) in [5.74, 6) is 0.644. The standard InChI is InChI=1S/C16H16N4/c1-20(11-12-6-3-2-4-7-12)16-18-14-9-5-8-13(14)15(10-17)19-16/h2-4,6-7H,5,8-9,11H2,1H3. The summed E-state index contributed by atoms with van der Waals surface area (Å²) in [7, 11) is 1.96. The first kappa shape index (κ1) is 12.6. The second kappa shape index (κ2) is 5.30. The number of rotatable bonds is 3. The summed E-state index contributed by atoms with van der Waals surface area (Å²) < 4.78 is 0. The Balaban J connectivity index is 1.89. The van der Waals surface area contributed by atoms with Gasteiger partial charge in [-0.25, -0.2) is 9.97 Å². The topological polar surface area (TPSA) is 52.8 Å². The molecule has 0 bridgehead atoms. The van der Waals surface area contributed by atoms with Gasteiger partial charge in [-0.2, -0.15) is 5.26 Å². The molecule has 0 N–H and O–H groups in total. The molecule has 1 aliphatic rings. The number of anilines is 1. The molecule has 0 unspecified atom stereocenters. The van der Waals surface area contributed by atoms with Crippen molar-refractivity contribution in [3.8, 4) is 6.07 Å². The summed E-state index contributed by atoms with van der Waals surface area (Å²) in [5.41, 5.74) is 3.84. The van der Waals surface area contributed by atoms with Crippen molar-refractivity contribution in [1.82, 2.24) is 9.97 Å². The van der Waals surface area contributed by atoms with Gasteiger partial charge in [0.2, 0.25) is 5.95 Å². The lowest BCUT2D eigenvalue weighted by atomic mass is 10.2. The van der Waals surface area contributed by atoms with E-state index in [1.807, 2.05) is 30.1 Å². The maximum absolute atomic E-state index is 9.24. The van der Waals surface area contributed by atoms with Crippen LogP contribution >= 0.6 is 0 Å².